The summed E-state index contributed by atoms with van der Waals surface area (Å²) in [6, 6.07) is 0. The summed E-state index contributed by atoms with van der Waals surface area (Å²) in [5, 5.41) is -0.587. The van der Waals surface area contributed by atoms with E-state index in [1.54, 1.807) is 0 Å². The van der Waals surface area contributed by atoms with Gasteiger partial charge >= 0.3 is 0 Å². The van der Waals surface area contributed by atoms with Gasteiger partial charge in [-0.25, -0.2) is 0 Å². The van der Waals surface area contributed by atoms with Crippen LogP contribution in [-0.2, 0) is 4.43 Å². The molecular weight excluding hydrogens is 271 g/mol. The van der Waals surface area contributed by atoms with E-state index in [1.165, 1.54) is 19.3 Å². The first-order valence-corrected chi connectivity index (χ1v) is 9.09. The molecule has 4 heteroatoms. The number of fused-ring (bicyclic) bond motifs is 9. The molecule has 0 aliphatic heterocycles. The lowest BCUT2D eigenvalue weighted by Gasteiger charge is -2.36. The third kappa shape index (κ3) is 1.60. The van der Waals surface area contributed by atoms with E-state index < -0.39 is 14.8 Å². The van der Waals surface area contributed by atoms with Crippen LogP contribution in [0.25, 0.3) is 0 Å². The summed E-state index contributed by atoms with van der Waals surface area (Å²) in [7, 11) is -0.527. The summed E-state index contributed by atoms with van der Waals surface area (Å²) < 4.78 is 5.56. The van der Waals surface area contributed by atoms with Gasteiger partial charge in [-0.15, -0.1) is 0 Å². The van der Waals surface area contributed by atoms with Gasteiger partial charge in [0.15, 0.2) is 14.8 Å². The summed E-state index contributed by atoms with van der Waals surface area (Å²) in [5.41, 5.74) is 0.856. The van der Waals surface area contributed by atoms with Gasteiger partial charge in [0.1, 0.15) is 0 Å². The molecule has 4 aliphatic carbocycles. The number of alkyl halides is 2. The van der Waals surface area contributed by atoms with Gasteiger partial charge in [0.05, 0.1) is 0 Å². The highest BCUT2D eigenvalue weighted by molar-refractivity contribution is 6.45. The molecule has 0 amide bonds. The van der Waals surface area contributed by atoms with Crippen molar-refractivity contribution in [2.75, 3.05) is 0 Å². The summed E-state index contributed by atoms with van der Waals surface area (Å²) in [6.45, 7) is 0. The standard InChI is InChI=1S/C13H18Cl2OSi/c14-13(15)16-17-10-5-8-4-9(10)12-7-2-1-6(3-7)11(8)12/h1-2,6-13H,3-5,17H2. The molecule has 3 saturated carbocycles. The van der Waals surface area contributed by atoms with Crippen molar-refractivity contribution in [1.29, 1.82) is 0 Å². The normalized spacial score (nSPS) is 54.6. The molecule has 7 atom stereocenters. The highest BCUT2D eigenvalue weighted by Crippen LogP contribution is 2.68. The molecular formula is C13H18Cl2OSi. The fraction of sp³-hybridized carbons (Fsp3) is 0.846. The van der Waals surface area contributed by atoms with Crippen LogP contribution in [0, 0.1) is 35.5 Å². The number of halogens is 2. The van der Waals surface area contributed by atoms with Gasteiger partial charge < -0.3 is 4.43 Å². The third-order valence-corrected chi connectivity index (χ3v) is 8.41. The lowest BCUT2D eigenvalue weighted by Crippen LogP contribution is -2.31. The highest BCUT2D eigenvalue weighted by Gasteiger charge is 2.60. The summed E-state index contributed by atoms with van der Waals surface area (Å²) in [5.74, 6) is 5.80. The van der Waals surface area contributed by atoms with Gasteiger partial charge in [-0.1, -0.05) is 35.4 Å². The Morgan fingerprint density at radius 1 is 1.06 bits per heavy atom. The fourth-order valence-corrected chi connectivity index (χ4v) is 7.69. The first-order valence-electron chi connectivity index (χ1n) is 6.82. The van der Waals surface area contributed by atoms with E-state index in [0.717, 1.165) is 41.0 Å². The Morgan fingerprint density at radius 3 is 2.59 bits per heavy atom. The van der Waals surface area contributed by atoms with E-state index in [2.05, 4.69) is 12.2 Å². The lowest BCUT2D eigenvalue weighted by molar-refractivity contribution is 0.197. The molecule has 0 saturated heterocycles. The quantitative estimate of drug-likeness (QED) is 0.336. The number of allylic oxidation sites excluding steroid dienone is 2. The van der Waals surface area contributed by atoms with Gasteiger partial charge in [-0.05, 0) is 60.3 Å². The molecule has 0 aromatic heterocycles. The molecule has 7 unspecified atom stereocenters. The second-order valence-electron chi connectivity index (χ2n) is 6.35. The fourth-order valence-electron chi connectivity index (χ4n) is 5.54. The third-order valence-electron chi connectivity index (χ3n) is 5.84. The minimum Gasteiger partial charge on any atom is -0.397 e. The molecule has 4 aliphatic rings. The topological polar surface area (TPSA) is 9.23 Å². The molecule has 17 heavy (non-hydrogen) atoms. The molecule has 0 heterocycles. The Labute approximate surface area is 115 Å². The average Bonchev–Trinajstić information content (AvgIpc) is 3.03. The first kappa shape index (κ1) is 11.3. The Balaban J connectivity index is 1.50. The zero-order chi connectivity index (χ0) is 11.6. The van der Waals surface area contributed by atoms with Crippen LogP contribution in [0.3, 0.4) is 0 Å². The molecule has 0 aromatic rings. The number of rotatable bonds is 3. The summed E-state index contributed by atoms with van der Waals surface area (Å²) in [6.07, 6.45) is 9.34. The molecule has 0 aromatic carbocycles. The predicted molar refractivity (Wildman–Crippen MR) is 72.8 cm³/mol. The second kappa shape index (κ2) is 3.99. The maximum atomic E-state index is 5.70. The van der Waals surface area contributed by atoms with E-state index in [-0.39, 0.29) is 0 Å². The maximum Gasteiger partial charge on any atom is 0.197 e. The molecule has 0 spiro atoms. The Kier molecular flexibility index (Phi) is 2.66. The summed E-state index contributed by atoms with van der Waals surface area (Å²) in [4.78, 5) is 0. The van der Waals surface area contributed by atoms with Crippen molar-refractivity contribution in [1.82, 2.24) is 0 Å². The molecule has 4 bridgehead atoms. The largest absolute Gasteiger partial charge is 0.397 e. The number of hydrogen-bond donors (Lipinski definition) is 0. The molecule has 3 fully saturated rings. The van der Waals surface area contributed by atoms with Crippen LogP contribution in [0.15, 0.2) is 12.2 Å². The van der Waals surface area contributed by atoms with Gasteiger partial charge in [-0.3, -0.25) is 0 Å². The van der Waals surface area contributed by atoms with Gasteiger partial charge in [0.25, 0.3) is 0 Å². The molecule has 0 N–H and O–H groups in total. The van der Waals surface area contributed by atoms with E-state index >= 15 is 0 Å². The molecule has 94 valence electrons. The SMILES string of the molecule is ClC(Cl)O[SiH2]C1CC2CC1C1C3C=CC(C3)C21. The highest BCUT2D eigenvalue weighted by atomic mass is 35.5. The van der Waals surface area contributed by atoms with Crippen LogP contribution < -0.4 is 0 Å². The van der Waals surface area contributed by atoms with Gasteiger partial charge in [0, 0.05) is 0 Å². The maximum absolute atomic E-state index is 5.70. The average molecular weight is 289 g/mol. The Bertz CT molecular complexity index is 359. The predicted octanol–water partition coefficient (Wildman–Crippen LogP) is 3.11. The zero-order valence-corrected chi connectivity index (χ0v) is 12.7. The number of hydrogen-bond acceptors (Lipinski definition) is 1. The molecule has 0 radical (unpaired) electrons. The van der Waals surface area contributed by atoms with Crippen molar-refractivity contribution in [3.63, 3.8) is 0 Å². The van der Waals surface area contributed by atoms with E-state index in [1.807, 2.05) is 0 Å². The molecule has 1 nitrogen and oxygen atoms in total. The Morgan fingerprint density at radius 2 is 1.82 bits per heavy atom. The first-order chi connectivity index (χ1) is 8.24. The van der Waals surface area contributed by atoms with E-state index in [9.17, 15) is 0 Å². The minimum absolute atomic E-state index is 0.527. The van der Waals surface area contributed by atoms with Crippen molar-refractivity contribution in [3.8, 4) is 0 Å². The van der Waals surface area contributed by atoms with Crippen molar-refractivity contribution in [3.05, 3.63) is 12.2 Å². The monoisotopic (exact) mass is 288 g/mol. The lowest BCUT2D eigenvalue weighted by atomic mass is 9.73. The smallest absolute Gasteiger partial charge is 0.197 e. The van der Waals surface area contributed by atoms with Crippen LogP contribution in [0.2, 0.25) is 5.54 Å². The van der Waals surface area contributed by atoms with Crippen LogP contribution in [0.4, 0.5) is 0 Å². The van der Waals surface area contributed by atoms with Crippen LogP contribution >= 0.6 is 23.2 Å². The second-order valence-corrected chi connectivity index (χ2v) is 9.08. The van der Waals surface area contributed by atoms with Crippen molar-refractivity contribution >= 4 is 33.0 Å². The van der Waals surface area contributed by atoms with E-state index in [4.69, 9.17) is 27.6 Å². The van der Waals surface area contributed by atoms with E-state index in [0.29, 0.717) is 0 Å². The van der Waals surface area contributed by atoms with Gasteiger partial charge in [-0.2, -0.15) is 0 Å². The van der Waals surface area contributed by atoms with Crippen molar-refractivity contribution < 1.29 is 4.43 Å². The minimum atomic E-state index is -0.587. The van der Waals surface area contributed by atoms with Crippen molar-refractivity contribution in [2.24, 2.45) is 35.5 Å². The van der Waals surface area contributed by atoms with Crippen molar-refractivity contribution in [2.45, 2.75) is 29.8 Å². The Hall–Kier alpha value is 0.497. The zero-order valence-electron chi connectivity index (χ0n) is 9.77. The summed E-state index contributed by atoms with van der Waals surface area (Å²) >= 11 is 11.4. The molecule has 4 rings (SSSR count). The van der Waals surface area contributed by atoms with Crippen LogP contribution in [0.5, 0.6) is 0 Å². The van der Waals surface area contributed by atoms with Crippen LogP contribution in [-0.4, -0.2) is 14.8 Å². The van der Waals surface area contributed by atoms with Gasteiger partial charge in [0.2, 0.25) is 0 Å². The van der Waals surface area contributed by atoms with Crippen LogP contribution in [0.1, 0.15) is 19.3 Å².